The third-order valence-corrected chi connectivity index (χ3v) is 4.37. The van der Waals surface area contributed by atoms with Gasteiger partial charge in [0.25, 0.3) is 0 Å². The first-order valence-electron chi connectivity index (χ1n) is 6.80. The summed E-state index contributed by atoms with van der Waals surface area (Å²) in [6.07, 6.45) is 3.83. The van der Waals surface area contributed by atoms with E-state index in [1.54, 1.807) is 18.0 Å². The number of rotatable bonds is 6. The molecule has 0 saturated carbocycles. The molecule has 1 unspecified atom stereocenters. The molecule has 2 aromatic rings. The molecular weight excluding hydrogens is 290 g/mol. The molecule has 1 N–H and O–H groups in total. The summed E-state index contributed by atoms with van der Waals surface area (Å²) in [7, 11) is 0. The predicted octanol–water partition coefficient (Wildman–Crippen LogP) is 3.98. The Kier molecular flexibility index (Phi) is 5.52. The average molecular weight is 310 g/mol. The van der Waals surface area contributed by atoms with E-state index in [4.69, 9.17) is 11.6 Å². The molecular formula is C15H20ClN3S. The van der Waals surface area contributed by atoms with Crippen molar-refractivity contribution < 1.29 is 0 Å². The minimum atomic E-state index is 0.0681. The minimum absolute atomic E-state index is 0.0681. The number of halogens is 1. The fraction of sp³-hybridized carbons (Fsp3) is 0.400. The Morgan fingerprint density at radius 3 is 2.75 bits per heavy atom. The summed E-state index contributed by atoms with van der Waals surface area (Å²) in [6.45, 7) is 5.87. The Hall–Kier alpha value is -0.970. The Bertz CT molecular complexity index is 568. The fourth-order valence-corrected chi connectivity index (χ4v) is 3.26. The normalized spacial score (nSPS) is 12.6. The van der Waals surface area contributed by atoms with Crippen LogP contribution >= 0.6 is 23.4 Å². The van der Waals surface area contributed by atoms with Crippen LogP contribution in [0.5, 0.6) is 0 Å². The van der Waals surface area contributed by atoms with Gasteiger partial charge < -0.3 is 5.32 Å². The lowest BCUT2D eigenvalue weighted by molar-refractivity contribution is 0.538. The van der Waals surface area contributed by atoms with Gasteiger partial charge in [0.2, 0.25) is 0 Å². The molecule has 1 aromatic carbocycles. The predicted molar refractivity (Wildman–Crippen MR) is 86.7 cm³/mol. The summed E-state index contributed by atoms with van der Waals surface area (Å²) in [5.74, 6) is 0. The highest BCUT2D eigenvalue weighted by Gasteiger charge is 2.22. The smallest absolute Gasteiger partial charge is 0.0837 e. The molecule has 0 amide bonds. The van der Waals surface area contributed by atoms with Crippen molar-refractivity contribution in [3.63, 3.8) is 0 Å². The lowest BCUT2D eigenvalue weighted by atomic mass is 10.0. The highest BCUT2D eigenvalue weighted by Crippen LogP contribution is 2.33. The summed E-state index contributed by atoms with van der Waals surface area (Å²) in [5.41, 5.74) is 2.29. The van der Waals surface area contributed by atoms with Crippen molar-refractivity contribution in [1.82, 2.24) is 15.1 Å². The molecule has 0 saturated heterocycles. The zero-order valence-electron chi connectivity index (χ0n) is 12.1. The number of thioether (sulfide) groups is 1. The van der Waals surface area contributed by atoms with E-state index in [1.807, 2.05) is 4.68 Å². The SMILES string of the molecule is CCNC(c1ccccc1SC)c1c(Cl)cnn1CC. The van der Waals surface area contributed by atoms with E-state index in [0.29, 0.717) is 5.02 Å². The van der Waals surface area contributed by atoms with Gasteiger partial charge in [0, 0.05) is 11.4 Å². The van der Waals surface area contributed by atoms with Crippen LogP contribution in [0.15, 0.2) is 35.4 Å². The van der Waals surface area contributed by atoms with Crippen LogP contribution in [0.3, 0.4) is 0 Å². The van der Waals surface area contributed by atoms with Crippen LogP contribution in [0, 0.1) is 0 Å². The number of benzene rings is 1. The van der Waals surface area contributed by atoms with Gasteiger partial charge >= 0.3 is 0 Å². The zero-order chi connectivity index (χ0) is 14.5. The van der Waals surface area contributed by atoms with E-state index >= 15 is 0 Å². The van der Waals surface area contributed by atoms with E-state index in [0.717, 1.165) is 18.8 Å². The quantitative estimate of drug-likeness (QED) is 0.819. The Labute approximate surface area is 129 Å². The second kappa shape index (κ2) is 7.16. The highest BCUT2D eigenvalue weighted by molar-refractivity contribution is 7.98. The van der Waals surface area contributed by atoms with E-state index in [9.17, 15) is 0 Å². The van der Waals surface area contributed by atoms with Crippen molar-refractivity contribution in [2.45, 2.75) is 31.3 Å². The van der Waals surface area contributed by atoms with Crippen LogP contribution in [0.4, 0.5) is 0 Å². The number of hydrogen-bond donors (Lipinski definition) is 1. The van der Waals surface area contributed by atoms with Gasteiger partial charge in [0.1, 0.15) is 0 Å². The summed E-state index contributed by atoms with van der Waals surface area (Å²) in [6, 6.07) is 8.50. The molecule has 3 nitrogen and oxygen atoms in total. The topological polar surface area (TPSA) is 29.9 Å². The molecule has 2 rings (SSSR count). The molecule has 0 fully saturated rings. The summed E-state index contributed by atoms with van der Waals surface area (Å²) < 4.78 is 1.97. The Morgan fingerprint density at radius 1 is 1.35 bits per heavy atom. The molecule has 0 aliphatic heterocycles. The van der Waals surface area contributed by atoms with Gasteiger partial charge in [-0.05, 0) is 31.4 Å². The van der Waals surface area contributed by atoms with E-state index < -0.39 is 0 Å². The molecule has 20 heavy (non-hydrogen) atoms. The largest absolute Gasteiger partial charge is 0.305 e. The molecule has 1 heterocycles. The second-order valence-corrected chi connectivity index (χ2v) is 5.68. The molecule has 5 heteroatoms. The van der Waals surface area contributed by atoms with Gasteiger partial charge in [0.15, 0.2) is 0 Å². The fourth-order valence-electron chi connectivity index (χ4n) is 2.37. The standard InChI is InChI=1S/C15H20ClN3S/c1-4-17-14(11-8-6-7-9-13(11)20-3)15-12(16)10-18-19(15)5-2/h6-10,14,17H,4-5H2,1-3H3. The minimum Gasteiger partial charge on any atom is -0.305 e. The van der Waals surface area contributed by atoms with Gasteiger partial charge in [-0.25, -0.2) is 0 Å². The van der Waals surface area contributed by atoms with Crippen LogP contribution in [0.1, 0.15) is 31.1 Å². The summed E-state index contributed by atoms with van der Waals surface area (Å²) in [5, 5.41) is 8.61. The van der Waals surface area contributed by atoms with Gasteiger partial charge in [-0.1, -0.05) is 36.7 Å². The third-order valence-electron chi connectivity index (χ3n) is 3.26. The number of hydrogen-bond acceptors (Lipinski definition) is 3. The van der Waals surface area contributed by atoms with Gasteiger partial charge in [0.05, 0.1) is 23.0 Å². The van der Waals surface area contributed by atoms with Gasteiger partial charge in [-0.2, -0.15) is 5.10 Å². The van der Waals surface area contributed by atoms with Crippen molar-refractivity contribution in [1.29, 1.82) is 0 Å². The lowest BCUT2D eigenvalue weighted by Gasteiger charge is -2.22. The zero-order valence-corrected chi connectivity index (χ0v) is 13.6. The molecule has 108 valence electrons. The van der Waals surface area contributed by atoms with E-state index in [2.05, 4.69) is 54.8 Å². The summed E-state index contributed by atoms with van der Waals surface area (Å²) >= 11 is 8.12. The van der Waals surface area contributed by atoms with Gasteiger partial charge in [-0.15, -0.1) is 11.8 Å². The number of nitrogens with one attached hydrogen (secondary N) is 1. The first-order valence-corrected chi connectivity index (χ1v) is 8.40. The first-order chi connectivity index (χ1) is 9.72. The van der Waals surface area contributed by atoms with Crippen LogP contribution in [0.25, 0.3) is 0 Å². The number of nitrogens with zero attached hydrogens (tertiary/aromatic N) is 2. The molecule has 0 aliphatic rings. The highest BCUT2D eigenvalue weighted by atomic mass is 35.5. The van der Waals surface area contributed by atoms with Gasteiger partial charge in [-0.3, -0.25) is 4.68 Å². The Balaban J connectivity index is 2.53. The van der Waals surface area contributed by atoms with E-state index in [-0.39, 0.29) is 6.04 Å². The van der Waals surface area contributed by atoms with Crippen molar-refractivity contribution in [2.75, 3.05) is 12.8 Å². The van der Waals surface area contributed by atoms with Crippen molar-refractivity contribution in [3.8, 4) is 0 Å². The van der Waals surface area contributed by atoms with Crippen LogP contribution in [-0.4, -0.2) is 22.6 Å². The van der Waals surface area contributed by atoms with Crippen LogP contribution in [0.2, 0.25) is 5.02 Å². The monoisotopic (exact) mass is 309 g/mol. The molecule has 0 spiro atoms. The molecule has 0 aliphatic carbocycles. The number of aryl methyl sites for hydroxylation is 1. The lowest BCUT2D eigenvalue weighted by Crippen LogP contribution is -2.25. The Morgan fingerprint density at radius 2 is 2.10 bits per heavy atom. The molecule has 0 radical (unpaired) electrons. The maximum absolute atomic E-state index is 6.37. The third kappa shape index (κ3) is 3.03. The molecule has 1 aromatic heterocycles. The van der Waals surface area contributed by atoms with E-state index in [1.165, 1.54) is 10.5 Å². The van der Waals surface area contributed by atoms with Crippen molar-refractivity contribution >= 4 is 23.4 Å². The van der Waals surface area contributed by atoms with Crippen LogP contribution in [-0.2, 0) is 6.54 Å². The average Bonchev–Trinajstić information content (AvgIpc) is 2.85. The number of aromatic nitrogens is 2. The van der Waals surface area contributed by atoms with Crippen molar-refractivity contribution in [3.05, 3.63) is 46.7 Å². The summed E-state index contributed by atoms with van der Waals surface area (Å²) in [4.78, 5) is 1.26. The maximum atomic E-state index is 6.37. The molecule has 0 bridgehead atoms. The van der Waals surface area contributed by atoms with Crippen molar-refractivity contribution in [2.24, 2.45) is 0 Å². The maximum Gasteiger partial charge on any atom is 0.0837 e. The van der Waals surface area contributed by atoms with Crippen LogP contribution < -0.4 is 5.32 Å². The second-order valence-electron chi connectivity index (χ2n) is 4.43. The molecule has 1 atom stereocenters. The first kappa shape index (κ1) is 15.4.